The molecule has 126 valence electrons. The average molecular weight is 345 g/mol. The molecule has 0 aliphatic rings. The topological polar surface area (TPSA) is 33.0 Å². The maximum atomic E-state index is 13.1. The van der Waals surface area contributed by atoms with Gasteiger partial charge in [0.2, 0.25) is 0 Å². The second kappa shape index (κ2) is 6.43. The summed E-state index contributed by atoms with van der Waals surface area (Å²) in [5, 5.41) is 8.66. The lowest BCUT2D eigenvalue weighted by Crippen LogP contribution is -2.17. The molecular weight excluding hydrogens is 336 g/mol. The van der Waals surface area contributed by atoms with Gasteiger partial charge in [0.05, 0.1) is 18.1 Å². The lowest BCUT2D eigenvalue weighted by molar-refractivity contribution is -0.274. The van der Waals surface area contributed by atoms with Crippen molar-refractivity contribution in [2.75, 3.05) is 0 Å². The van der Waals surface area contributed by atoms with Crippen LogP contribution in [0.4, 0.5) is 26.3 Å². The third kappa shape index (κ3) is 4.41. The fraction of sp³-hybridized carbons (Fsp3) is 0.188. The van der Waals surface area contributed by atoms with Gasteiger partial charge in [0, 0.05) is 0 Å². The molecular formula is C16H9F6NO. The van der Waals surface area contributed by atoms with E-state index in [9.17, 15) is 26.3 Å². The van der Waals surface area contributed by atoms with Crippen LogP contribution >= 0.6 is 0 Å². The van der Waals surface area contributed by atoms with E-state index in [1.807, 2.05) is 6.07 Å². The number of nitrogens with zero attached hydrogens (tertiary/aromatic N) is 1. The predicted molar refractivity (Wildman–Crippen MR) is 72.9 cm³/mol. The first-order chi connectivity index (χ1) is 11.1. The molecule has 2 rings (SSSR count). The molecule has 0 saturated heterocycles. The van der Waals surface area contributed by atoms with Crippen LogP contribution in [-0.4, -0.2) is 6.36 Å². The molecule has 0 heterocycles. The van der Waals surface area contributed by atoms with Crippen molar-refractivity contribution < 1.29 is 31.1 Å². The molecule has 0 spiro atoms. The zero-order valence-electron chi connectivity index (χ0n) is 11.9. The lowest BCUT2D eigenvalue weighted by atomic mass is 9.96. The minimum absolute atomic E-state index is 0.0663. The Labute approximate surface area is 132 Å². The molecule has 2 nitrogen and oxygen atoms in total. The largest absolute Gasteiger partial charge is 0.573 e. The fourth-order valence-electron chi connectivity index (χ4n) is 2.11. The SMILES string of the molecule is N#CCc1ccc(C(F)(F)F)c(-c2ccc(OC(F)(F)F)cc2)c1. The van der Waals surface area contributed by atoms with Crippen LogP contribution in [0.5, 0.6) is 5.75 Å². The molecule has 24 heavy (non-hydrogen) atoms. The molecule has 2 aromatic rings. The Morgan fingerprint density at radius 1 is 0.917 bits per heavy atom. The number of ether oxygens (including phenoxy) is 1. The van der Waals surface area contributed by atoms with E-state index in [1.165, 1.54) is 12.1 Å². The molecule has 0 atom stereocenters. The lowest BCUT2D eigenvalue weighted by Gasteiger charge is -2.15. The molecule has 0 aromatic heterocycles. The maximum Gasteiger partial charge on any atom is 0.573 e. The van der Waals surface area contributed by atoms with Gasteiger partial charge in [-0.05, 0) is 41.0 Å². The molecule has 2 aromatic carbocycles. The van der Waals surface area contributed by atoms with Crippen molar-refractivity contribution in [3.8, 4) is 22.9 Å². The second-order valence-corrected chi connectivity index (χ2v) is 4.78. The number of hydrogen-bond acceptors (Lipinski definition) is 2. The van der Waals surface area contributed by atoms with Crippen LogP contribution in [0.15, 0.2) is 42.5 Å². The maximum absolute atomic E-state index is 13.1. The highest BCUT2D eigenvalue weighted by atomic mass is 19.4. The van der Waals surface area contributed by atoms with E-state index in [4.69, 9.17) is 5.26 Å². The van der Waals surface area contributed by atoms with Gasteiger partial charge in [0.25, 0.3) is 0 Å². The van der Waals surface area contributed by atoms with Gasteiger partial charge in [-0.3, -0.25) is 0 Å². The van der Waals surface area contributed by atoms with Crippen molar-refractivity contribution in [3.63, 3.8) is 0 Å². The van der Waals surface area contributed by atoms with E-state index < -0.39 is 23.9 Å². The smallest absolute Gasteiger partial charge is 0.406 e. The van der Waals surface area contributed by atoms with Crippen molar-refractivity contribution in [2.24, 2.45) is 0 Å². The summed E-state index contributed by atoms with van der Waals surface area (Å²) in [5.41, 5.74) is -0.713. The van der Waals surface area contributed by atoms with Crippen molar-refractivity contribution >= 4 is 0 Å². The summed E-state index contributed by atoms with van der Waals surface area (Å²) in [6.07, 6.45) is -9.60. The summed E-state index contributed by atoms with van der Waals surface area (Å²) in [4.78, 5) is 0. The predicted octanol–water partition coefficient (Wildman–Crippen LogP) is 5.34. The first-order valence-electron chi connectivity index (χ1n) is 6.53. The minimum atomic E-state index is -4.88. The summed E-state index contributed by atoms with van der Waals surface area (Å²) < 4.78 is 79.4. The van der Waals surface area contributed by atoms with Gasteiger partial charge in [0.1, 0.15) is 5.75 Å². The Balaban J connectivity index is 2.46. The van der Waals surface area contributed by atoms with Crippen LogP contribution in [0.2, 0.25) is 0 Å². The molecule has 0 unspecified atom stereocenters. The standard InChI is InChI=1S/C16H9F6NO/c17-15(18,19)14-6-1-10(7-8-23)9-13(14)11-2-4-12(5-3-11)24-16(20,21)22/h1-6,9H,7H2. The van der Waals surface area contributed by atoms with Gasteiger partial charge >= 0.3 is 12.5 Å². The summed E-state index contributed by atoms with van der Waals surface area (Å²) >= 11 is 0. The van der Waals surface area contributed by atoms with Crippen LogP contribution in [0, 0.1) is 11.3 Å². The molecule has 0 fully saturated rings. The van der Waals surface area contributed by atoms with Crippen LogP contribution in [0.3, 0.4) is 0 Å². The van der Waals surface area contributed by atoms with Gasteiger partial charge in [0.15, 0.2) is 0 Å². The summed E-state index contributed by atoms with van der Waals surface area (Å²) in [6.45, 7) is 0. The van der Waals surface area contributed by atoms with Crippen LogP contribution in [0.25, 0.3) is 11.1 Å². The Hall–Kier alpha value is -2.69. The first-order valence-corrected chi connectivity index (χ1v) is 6.53. The quantitative estimate of drug-likeness (QED) is 0.704. The van der Waals surface area contributed by atoms with Crippen LogP contribution < -0.4 is 4.74 Å². The molecule has 0 radical (unpaired) electrons. The average Bonchev–Trinajstić information content (AvgIpc) is 2.45. The second-order valence-electron chi connectivity index (χ2n) is 4.78. The zero-order chi connectivity index (χ0) is 18.0. The molecule has 8 heteroatoms. The van der Waals surface area contributed by atoms with Gasteiger partial charge in [-0.2, -0.15) is 18.4 Å². The third-order valence-corrected chi connectivity index (χ3v) is 3.07. The van der Waals surface area contributed by atoms with E-state index in [1.54, 1.807) is 0 Å². The van der Waals surface area contributed by atoms with E-state index in [0.29, 0.717) is 5.56 Å². The van der Waals surface area contributed by atoms with Crippen molar-refractivity contribution in [3.05, 3.63) is 53.6 Å². The summed E-state index contributed by atoms with van der Waals surface area (Å²) in [5.74, 6) is -0.534. The van der Waals surface area contributed by atoms with Crippen LogP contribution in [0.1, 0.15) is 11.1 Å². The van der Waals surface area contributed by atoms with Crippen LogP contribution in [-0.2, 0) is 12.6 Å². The van der Waals surface area contributed by atoms with Gasteiger partial charge < -0.3 is 4.74 Å². The van der Waals surface area contributed by atoms with E-state index >= 15 is 0 Å². The fourth-order valence-corrected chi connectivity index (χ4v) is 2.11. The Morgan fingerprint density at radius 2 is 1.54 bits per heavy atom. The van der Waals surface area contributed by atoms with Gasteiger partial charge in [-0.25, -0.2) is 0 Å². The number of benzene rings is 2. The molecule has 0 aliphatic heterocycles. The van der Waals surface area contributed by atoms with E-state index in [-0.39, 0.29) is 17.5 Å². The number of nitriles is 1. The van der Waals surface area contributed by atoms with E-state index in [0.717, 1.165) is 30.3 Å². The minimum Gasteiger partial charge on any atom is -0.406 e. The molecule has 0 saturated carbocycles. The van der Waals surface area contributed by atoms with Crippen molar-refractivity contribution in [2.45, 2.75) is 19.0 Å². The van der Waals surface area contributed by atoms with Crippen molar-refractivity contribution in [1.29, 1.82) is 5.26 Å². The van der Waals surface area contributed by atoms with E-state index in [2.05, 4.69) is 4.74 Å². The molecule has 0 aliphatic carbocycles. The number of hydrogen-bond donors (Lipinski definition) is 0. The number of alkyl halides is 6. The molecule has 0 bridgehead atoms. The zero-order valence-corrected chi connectivity index (χ0v) is 11.9. The Kier molecular flexibility index (Phi) is 4.73. The highest BCUT2D eigenvalue weighted by Crippen LogP contribution is 2.38. The highest BCUT2D eigenvalue weighted by Gasteiger charge is 2.34. The highest BCUT2D eigenvalue weighted by molar-refractivity contribution is 5.69. The third-order valence-electron chi connectivity index (χ3n) is 3.07. The van der Waals surface area contributed by atoms with Gasteiger partial charge in [-0.1, -0.05) is 18.2 Å². The summed E-state index contributed by atoms with van der Waals surface area (Å²) in [7, 11) is 0. The number of rotatable bonds is 3. The Bertz CT molecular complexity index is 756. The first kappa shape index (κ1) is 17.7. The van der Waals surface area contributed by atoms with Gasteiger partial charge in [-0.15, -0.1) is 13.2 Å². The normalized spacial score (nSPS) is 11.9. The molecule has 0 amide bonds. The Morgan fingerprint density at radius 3 is 2.04 bits per heavy atom. The monoisotopic (exact) mass is 345 g/mol. The van der Waals surface area contributed by atoms with Crippen molar-refractivity contribution in [1.82, 2.24) is 0 Å². The number of halogens is 6. The molecule has 0 N–H and O–H groups in total. The summed E-state index contributed by atoms with van der Waals surface area (Å²) in [6, 6.07) is 9.13.